The van der Waals surface area contributed by atoms with Crippen molar-refractivity contribution in [2.24, 2.45) is 0 Å². The molecule has 1 N–H and O–H groups in total. The number of hydrogen-bond donors (Lipinski definition) is 1. The van der Waals surface area contributed by atoms with Crippen molar-refractivity contribution in [1.82, 2.24) is 14.8 Å². The fourth-order valence-corrected chi connectivity index (χ4v) is 3.75. The summed E-state index contributed by atoms with van der Waals surface area (Å²) >= 11 is 9.54. The van der Waals surface area contributed by atoms with E-state index in [0.29, 0.717) is 10.8 Å². The van der Waals surface area contributed by atoms with Gasteiger partial charge in [-0.2, -0.15) is 0 Å². The lowest BCUT2D eigenvalue weighted by molar-refractivity contribution is 0.101. The Morgan fingerprint density at radius 1 is 1.03 bits per heavy atom. The van der Waals surface area contributed by atoms with E-state index in [-0.39, 0.29) is 17.6 Å². The molecule has 5 nitrogen and oxygen atoms in total. The maximum Gasteiger partial charge on any atom is 0.295 e. The molecule has 156 valence electrons. The van der Waals surface area contributed by atoms with Crippen molar-refractivity contribution in [2.45, 2.75) is 19.8 Å². The Balaban J connectivity index is 1.74. The van der Waals surface area contributed by atoms with Gasteiger partial charge in [-0.15, -0.1) is 5.10 Å². The lowest BCUT2D eigenvalue weighted by atomic mass is 10.0. The zero-order chi connectivity index (χ0) is 22.0. The predicted octanol–water partition coefficient (Wildman–Crippen LogP) is 6.73. The second-order valence-corrected chi connectivity index (χ2v) is 8.71. The number of halogens is 2. The van der Waals surface area contributed by atoms with Gasteiger partial charge in [0.25, 0.3) is 5.91 Å². The third-order valence-electron chi connectivity index (χ3n) is 4.80. The molecule has 1 heterocycles. The lowest BCUT2D eigenvalue weighted by Crippen LogP contribution is -2.16. The van der Waals surface area contributed by atoms with Crippen molar-refractivity contribution in [3.8, 4) is 17.1 Å². The van der Waals surface area contributed by atoms with E-state index in [2.05, 4.69) is 45.2 Å². The van der Waals surface area contributed by atoms with Crippen LogP contribution in [0, 0.1) is 0 Å². The van der Waals surface area contributed by atoms with E-state index in [4.69, 9.17) is 11.6 Å². The highest BCUT2D eigenvalue weighted by molar-refractivity contribution is 9.10. The summed E-state index contributed by atoms with van der Waals surface area (Å²) < 4.78 is 2.63. The average Bonchev–Trinajstić information content (AvgIpc) is 3.21. The van der Waals surface area contributed by atoms with Gasteiger partial charge in [0.1, 0.15) is 0 Å². The van der Waals surface area contributed by atoms with Gasteiger partial charge in [0.15, 0.2) is 5.82 Å². The number of hydrogen-bond acceptors (Lipinski definition) is 3. The summed E-state index contributed by atoms with van der Waals surface area (Å²) in [5.41, 5.74) is 3.40. The van der Waals surface area contributed by atoms with E-state index in [1.807, 2.05) is 60.7 Å². The number of benzene rings is 3. The van der Waals surface area contributed by atoms with Gasteiger partial charge in [-0.1, -0.05) is 59.6 Å². The number of anilines is 1. The Morgan fingerprint density at radius 2 is 1.74 bits per heavy atom. The number of carbonyl (C=O) groups excluding carboxylic acids is 1. The second-order valence-electron chi connectivity index (χ2n) is 7.35. The normalized spacial score (nSPS) is 11.0. The van der Waals surface area contributed by atoms with Crippen molar-refractivity contribution < 1.29 is 4.79 Å². The van der Waals surface area contributed by atoms with Crippen LogP contribution >= 0.6 is 27.5 Å². The third kappa shape index (κ3) is 4.70. The molecule has 0 spiro atoms. The van der Waals surface area contributed by atoms with Crippen molar-refractivity contribution in [3.63, 3.8) is 0 Å². The van der Waals surface area contributed by atoms with E-state index in [0.717, 1.165) is 27.0 Å². The highest BCUT2D eigenvalue weighted by Crippen LogP contribution is 2.28. The van der Waals surface area contributed by atoms with Crippen molar-refractivity contribution in [2.75, 3.05) is 5.32 Å². The summed E-state index contributed by atoms with van der Waals surface area (Å²) in [6, 6.07) is 22.7. The predicted molar refractivity (Wildman–Crippen MR) is 128 cm³/mol. The molecule has 0 radical (unpaired) electrons. The summed E-state index contributed by atoms with van der Waals surface area (Å²) in [7, 11) is 0. The molecule has 0 aliphatic carbocycles. The molecule has 1 amide bonds. The fourth-order valence-electron chi connectivity index (χ4n) is 3.25. The molecule has 31 heavy (non-hydrogen) atoms. The maximum absolute atomic E-state index is 13.1. The first kappa shape index (κ1) is 21.3. The molecule has 0 fully saturated rings. The number of nitrogens with one attached hydrogen (secondary N) is 1. The molecular formula is C24H20BrClN4O. The van der Waals surface area contributed by atoms with E-state index >= 15 is 0 Å². The SMILES string of the molecule is CC(C)c1cc(Br)ccc1NC(=O)c1nc(-c2ccc(Cl)cc2)n(-c2ccccc2)n1. The Bertz CT molecular complexity index is 1220. The highest BCUT2D eigenvalue weighted by Gasteiger charge is 2.20. The zero-order valence-corrected chi connectivity index (χ0v) is 19.4. The van der Waals surface area contributed by atoms with Crippen LogP contribution in [0.25, 0.3) is 17.1 Å². The molecule has 4 aromatic rings. The maximum atomic E-state index is 13.1. The number of para-hydroxylation sites is 1. The van der Waals surface area contributed by atoms with E-state index < -0.39 is 0 Å². The topological polar surface area (TPSA) is 59.8 Å². The number of aromatic nitrogens is 3. The molecule has 0 aliphatic heterocycles. The van der Waals surface area contributed by atoms with Crippen LogP contribution in [0.2, 0.25) is 5.02 Å². The lowest BCUT2D eigenvalue weighted by Gasteiger charge is -2.13. The Labute approximate surface area is 194 Å². The first-order valence-electron chi connectivity index (χ1n) is 9.81. The number of carbonyl (C=O) groups is 1. The minimum absolute atomic E-state index is 0.0893. The molecule has 0 bridgehead atoms. The van der Waals surface area contributed by atoms with Gasteiger partial charge in [-0.3, -0.25) is 4.79 Å². The van der Waals surface area contributed by atoms with Crippen LogP contribution in [0.5, 0.6) is 0 Å². The molecule has 4 rings (SSSR count). The van der Waals surface area contributed by atoms with Gasteiger partial charge in [0, 0.05) is 20.7 Å². The van der Waals surface area contributed by atoms with Crippen LogP contribution in [0.15, 0.2) is 77.3 Å². The van der Waals surface area contributed by atoms with Gasteiger partial charge < -0.3 is 5.32 Å². The van der Waals surface area contributed by atoms with Gasteiger partial charge in [0.2, 0.25) is 5.82 Å². The second kappa shape index (κ2) is 9.04. The van der Waals surface area contributed by atoms with Crippen LogP contribution in [0.1, 0.15) is 35.9 Å². The average molecular weight is 496 g/mol. The fraction of sp³-hybridized carbons (Fsp3) is 0.125. The minimum Gasteiger partial charge on any atom is -0.319 e. The Kier molecular flexibility index (Phi) is 6.20. The van der Waals surface area contributed by atoms with Gasteiger partial charge >= 0.3 is 0 Å². The molecule has 0 saturated carbocycles. The minimum atomic E-state index is -0.367. The molecule has 3 aromatic carbocycles. The van der Waals surface area contributed by atoms with Gasteiger partial charge in [0.05, 0.1) is 5.69 Å². The molecule has 0 unspecified atom stereocenters. The van der Waals surface area contributed by atoms with Crippen molar-refractivity contribution in [1.29, 1.82) is 0 Å². The quantitative estimate of drug-likeness (QED) is 0.334. The summed E-state index contributed by atoms with van der Waals surface area (Å²) in [5, 5.41) is 8.12. The van der Waals surface area contributed by atoms with Gasteiger partial charge in [-0.05, 0) is 66.1 Å². The number of nitrogens with zero attached hydrogens (tertiary/aromatic N) is 3. The molecule has 0 aliphatic rings. The first-order chi connectivity index (χ1) is 14.9. The Hall–Kier alpha value is -2.96. The van der Waals surface area contributed by atoms with Crippen LogP contribution in [-0.4, -0.2) is 20.7 Å². The molecule has 0 saturated heterocycles. The smallest absolute Gasteiger partial charge is 0.295 e. The summed E-state index contributed by atoms with van der Waals surface area (Å²) in [4.78, 5) is 17.6. The van der Waals surface area contributed by atoms with Crippen LogP contribution in [0.4, 0.5) is 5.69 Å². The first-order valence-corrected chi connectivity index (χ1v) is 11.0. The summed E-state index contributed by atoms with van der Waals surface area (Å²) in [5.74, 6) is 0.528. The third-order valence-corrected chi connectivity index (χ3v) is 5.54. The van der Waals surface area contributed by atoms with E-state index in [1.165, 1.54) is 0 Å². The summed E-state index contributed by atoms with van der Waals surface area (Å²) in [6.45, 7) is 4.16. The van der Waals surface area contributed by atoms with Gasteiger partial charge in [-0.25, -0.2) is 9.67 Å². The molecule has 1 aromatic heterocycles. The van der Waals surface area contributed by atoms with E-state index in [9.17, 15) is 4.79 Å². The summed E-state index contributed by atoms with van der Waals surface area (Å²) in [6.07, 6.45) is 0. The van der Waals surface area contributed by atoms with Crippen LogP contribution in [-0.2, 0) is 0 Å². The van der Waals surface area contributed by atoms with Crippen molar-refractivity contribution >= 4 is 39.1 Å². The number of amides is 1. The largest absolute Gasteiger partial charge is 0.319 e. The molecular weight excluding hydrogens is 476 g/mol. The van der Waals surface area contributed by atoms with Crippen molar-refractivity contribution in [3.05, 3.63) is 93.7 Å². The van der Waals surface area contributed by atoms with E-state index in [1.54, 1.807) is 16.8 Å². The highest BCUT2D eigenvalue weighted by atomic mass is 79.9. The Morgan fingerprint density at radius 3 is 2.42 bits per heavy atom. The molecule has 7 heteroatoms. The van der Waals surface area contributed by atoms with Crippen LogP contribution < -0.4 is 5.32 Å². The monoisotopic (exact) mass is 494 g/mol. The van der Waals surface area contributed by atoms with Crippen LogP contribution in [0.3, 0.4) is 0 Å². The molecule has 0 atom stereocenters. The zero-order valence-electron chi connectivity index (χ0n) is 17.0. The standard InChI is InChI=1S/C24H20BrClN4O/c1-15(2)20-14-17(25)10-13-21(20)27-24(31)22-28-23(16-8-11-18(26)12-9-16)30(29-22)19-6-4-3-5-7-19/h3-15H,1-2H3,(H,27,31). The number of rotatable bonds is 5.